The molecule has 0 atom stereocenters. The fourth-order valence-corrected chi connectivity index (χ4v) is 2.37. The van der Waals surface area contributed by atoms with E-state index in [0.717, 1.165) is 21.0 Å². The summed E-state index contributed by atoms with van der Waals surface area (Å²) in [5, 5.41) is 4.99. The number of anilines is 1. The molecular weight excluding hydrogens is 244 g/mol. The summed E-state index contributed by atoms with van der Waals surface area (Å²) in [5.74, 6) is 0.717. The van der Waals surface area contributed by atoms with Gasteiger partial charge in [-0.3, -0.25) is 5.43 Å². The number of nitrogens with zero attached hydrogens (tertiary/aromatic N) is 3. The standard InChI is InChI=1S/C13H10N4S/c1-2-6-11-10(5-1)16-13(18-11)9-15-17-12-7-3-4-8-14-12/h1-9H,(H,14,17)/b15-9+. The third kappa shape index (κ3) is 2.36. The molecule has 0 saturated heterocycles. The normalized spacial score (nSPS) is 11.1. The lowest BCUT2D eigenvalue weighted by atomic mass is 10.3. The third-order valence-electron chi connectivity index (χ3n) is 2.33. The summed E-state index contributed by atoms with van der Waals surface area (Å²) < 4.78 is 1.16. The van der Waals surface area contributed by atoms with Crippen molar-refractivity contribution >= 4 is 33.6 Å². The van der Waals surface area contributed by atoms with E-state index in [2.05, 4.69) is 26.6 Å². The van der Waals surface area contributed by atoms with Gasteiger partial charge in [-0.2, -0.15) is 5.10 Å². The van der Waals surface area contributed by atoms with Crippen molar-refractivity contribution in [1.29, 1.82) is 0 Å². The molecule has 88 valence electrons. The molecule has 0 amide bonds. The molecule has 1 aromatic carbocycles. The van der Waals surface area contributed by atoms with Crippen molar-refractivity contribution in [2.75, 3.05) is 5.43 Å². The van der Waals surface area contributed by atoms with Crippen LogP contribution in [0, 0.1) is 0 Å². The minimum atomic E-state index is 0.717. The molecule has 3 rings (SSSR count). The fourth-order valence-electron chi connectivity index (χ4n) is 1.53. The predicted molar refractivity (Wildman–Crippen MR) is 75.1 cm³/mol. The van der Waals surface area contributed by atoms with E-state index in [1.54, 1.807) is 23.7 Å². The Kier molecular flexibility index (Phi) is 2.97. The van der Waals surface area contributed by atoms with E-state index < -0.39 is 0 Å². The van der Waals surface area contributed by atoms with Crippen LogP contribution >= 0.6 is 11.3 Å². The van der Waals surface area contributed by atoms with Gasteiger partial charge in [0.05, 0.1) is 16.4 Å². The first kappa shape index (κ1) is 10.9. The zero-order valence-corrected chi connectivity index (χ0v) is 10.3. The van der Waals surface area contributed by atoms with Crippen LogP contribution in [0.15, 0.2) is 53.8 Å². The summed E-state index contributed by atoms with van der Waals surface area (Å²) in [4.78, 5) is 8.56. The number of aromatic nitrogens is 2. The quantitative estimate of drug-likeness (QED) is 0.577. The predicted octanol–water partition coefficient (Wildman–Crippen LogP) is 3.14. The van der Waals surface area contributed by atoms with Crippen molar-refractivity contribution < 1.29 is 0 Å². The smallest absolute Gasteiger partial charge is 0.146 e. The Balaban J connectivity index is 1.76. The highest BCUT2D eigenvalue weighted by atomic mass is 32.1. The Bertz CT molecular complexity index is 643. The van der Waals surface area contributed by atoms with Crippen LogP contribution in [0.25, 0.3) is 10.2 Å². The van der Waals surface area contributed by atoms with Gasteiger partial charge in [-0.05, 0) is 24.3 Å². The minimum absolute atomic E-state index is 0.717. The Morgan fingerprint density at radius 1 is 1.11 bits per heavy atom. The third-order valence-corrected chi connectivity index (χ3v) is 3.30. The van der Waals surface area contributed by atoms with Crippen LogP contribution < -0.4 is 5.43 Å². The van der Waals surface area contributed by atoms with Crippen molar-refractivity contribution in [3.63, 3.8) is 0 Å². The molecule has 0 radical (unpaired) electrons. The molecule has 4 nitrogen and oxygen atoms in total. The van der Waals surface area contributed by atoms with Gasteiger partial charge in [0.1, 0.15) is 10.8 Å². The second-order valence-corrected chi connectivity index (χ2v) is 4.67. The van der Waals surface area contributed by atoms with Crippen LogP contribution in [-0.2, 0) is 0 Å². The number of benzene rings is 1. The topological polar surface area (TPSA) is 50.2 Å². The van der Waals surface area contributed by atoms with Crippen molar-refractivity contribution in [3.8, 4) is 0 Å². The first-order chi connectivity index (χ1) is 8.92. The number of pyridine rings is 1. The lowest BCUT2D eigenvalue weighted by Crippen LogP contribution is -1.91. The van der Waals surface area contributed by atoms with Gasteiger partial charge in [-0.25, -0.2) is 9.97 Å². The highest BCUT2D eigenvalue weighted by Crippen LogP contribution is 2.20. The zero-order chi connectivity index (χ0) is 12.2. The van der Waals surface area contributed by atoms with Crippen LogP contribution in [0.1, 0.15) is 5.01 Å². The van der Waals surface area contributed by atoms with E-state index in [0.29, 0.717) is 0 Å². The summed E-state index contributed by atoms with van der Waals surface area (Å²) in [6.45, 7) is 0. The van der Waals surface area contributed by atoms with Gasteiger partial charge in [0.15, 0.2) is 0 Å². The first-order valence-corrected chi connectivity index (χ1v) is 6.29. The Morgan fingerprint density at radius 3 is 2.83 bits per heavy atom. The molecule has 0 aliphatic rings. The van der Waals surface area contributed by atoms with E-state index in [1.165, 1.54) is 0 Å². The monoisotopic (exact) mass is 254 g/mol. The molecule has 5 heteroatoms. The molecule has 0 aliphatic heterocycles. The average Bonchev–Trinajstić information content (AvgIpc) is 2.82. The van der Waals surface area contributed by atoms with E-state index >= 15 is 0 Å². The molecule has 0 saturated carbocycles. The highest BCUT2D eigenvalue weighted by molar-refractivity contribution is 7.20. The Hall–Kier alpha value is -2.27. The largest absolute Gasteiger partial charge is 0.261 e. The molecular formula is C13H10N4S. The highest BCUT2D eigenvalue weighted by Gasteiger charge is 1.99. The van der Waals surface area contributed by atoms with E-state index in [9.17, 15) is 0 Å². The van der Waals surface area contributed by atoms with Gasteiger partial charge >= 0.3 is 0 Å². The van der Waals surface area contributed by atoms with Gasteiger partial charge in [0.25, 0.3) is 0 Å². The minimum Gasteiger partial charge on any atom is -0.261 e. The maximum Gasteiger partial charge on any atom is 0.146 e. The average molecular weight is 254 g/mol. The number of fused-ring (bicyclic) bond motifs is 1. The summed E-state index contributed by atoms with van der Waals surface area (Å²) in [5.41, 5.74) is 3.86. The lowest BCUT2D eigenvalue weighted by molar-refractivity contribution is 1.23. The van der Waals surface area contributed by atoms with Gasteiger partial charge < -0.3 is 0 Å². The van der Waals surface area contributed by atoms with E-state index in [-0.39, 0.29) is 0 Å². The lowest BCUT2D eigenvalue weighted by Gasteiger charge is -1.95. The van der Waals surface area contributed by atoms with Crippen LogP contribution in [0.2, 0.25) is 0 Å². The van der Waals surface area contributed by atoms with Crippen molar-refractivity contribution in [2.24, 2.45) is 5.10 Å². The molecule has 3 aromatic rings. The molecule has 0 fully saturated rings. The number of rotatable bonds is 3. The summed E-state index contributed by atoms with van der Waals surface area (Å²) in [6, 6.07) is 13.7. The van der Waals surface area contributed by atoms with Gasteiger partial charge in [-0.15, -0.1) is 11.3 Å². The Morgan fingerprint density at radius 2 is 2.00 bits per heavy atom. The molecule has 18 heavy (non-hydrogen) atoms. The number of nitrogens with one attached hydrogen (secondary N) is 1. The number of thiazole rings is 1. The SMILES string of the molecule is C(=N\Nc1ccccn1)/c1nc2ccccc2s1. The maximum atomic E-state index is 4.45. The molecule has 0 spiro atoms. The van der Waals surface area contributed by atoms with Crippen LogP contribution in [0.3, 0.4) is 0 Å². The van der Waals surface area contributed by atoms with Crippen LogP contribution in [-0.4, -0.2) is 16.2 Å². The van der Waals surface area contributed by atoms with Crippen LogP contribution in [0.4, 0.5) is 5.82 Å². The van der Waals surface area contributed by atoms with Crippen LogP contribution in [0.5, 0.6) is 0 Å². The van der Waals surface area contributed by atoms with E-state index in [1.807, 2.05) is 36.4 Å². The number of hydrogen-bond donors (Lipinski definition) is 1. The molecule has 2 heterocycles. The van der Waals surface area contributed by atoms with Crippen molar-refractivity contribution in [1.82, 2.24) is 9.97 Å². The van der Waals surface area contributed by atoms with Crippen molar-refractivity contribution in [3.05, 3.63) is 53.7 Å². The fraction of sp³-hybridized carbons (Fsp3) is 0. The van der Waals surface area contributed by atoms with Gasteiger partial charge in [-0.1, -0.05) is 18.2 Å². The van der Waals surface area contributed by atoms with Gasteiger partial charge in [0, 0.05) is 6.20 Å². The van der Waals surface area contributed by atoms with E-state index in [4.69, 9.17) is 0 Å². The number of hydrogen-bond acceptors (Lipinski definition) is 5. The van der Waals surface area contributed by atoms with Crippen molar-refractivity contribution in [2.45, 2.75) is 0 Å². The molecule has 1 N–H and O–H groups in total. The first-order valence-electron chi connectivity index (χ1n) is 5.47. The molecule has 0 unspecified atom stereocenters. The van der Waals surface area contributed by atoms with Gasteiger partial charge in [0.2, 0.25) is 0 Å². The zero-order valence-electron chi connectivity index (χ0n) is 9.45. The second-order valence-electron chi connectivity index (χ2n) is 3.60. The maximum absolute atomic E-state index is 4.45. The summed E-state index contributed by atoms with van der Waals surface area (Å²) in [7, 11) is 0. The molecule has 0 bridgehead atoms. The number of hydrazone groups is 1. The second kappa shape index (κ2) is 4.93. The summed E-state index contributed by atoms with van der Waals surface area (Å²) >= 11 is 1.61. The molecule has 2 aromatic heterocycles. The molecule has 0 aliphatic carbocycles. The summed E-state index contributed by atoms with van der Waals surface area (Å²) in [6.07, 6.45) is 3.43. The number of para-hydroxylation sites is 1. The Labute approximate surface area is 108 Å².